The molecule has 1 aromatic rings. The lowest BCUT2D eigenvalue weighted by molar-refractivity contribution is -0.148. The molecule has 1 fully saturated rings. The molecule has 0 aliphatic carbocycles. The fourth-order valence-corrected chi connectivity index (χ4v) is 2.85. The fraction of sp³-hybridized carbons (Fsp3) is 0.529. The highest BCUT2D eigenvalue weighted by Crippen LogP contribution is 2.23. The summed E-state index contributed by atoms with van der Waals surface area (Å²) in [6.45, 7) is 0.972. The molecule has 2 amide bonds. The van der Waals surface area contributed by atoms with Crippen molar-refractivity contribution < 1.29 is 24.2 Å². The molecule has 1 aliphatic heterocycles. The zero-order valence-electron chi connectivity index (χ0n) is 14.2. The van der Waals surface area contributed by atoms with E-state index in [1.54, 1.807) is 24.5 Å². The molecule has 2 atom stereocenters. The molecule has 0 aromatic carbocycles. The van der Waals surface area contributed by atoms with Crippen LogP contribution in [0.1, 0.15) is 18.4 Å². The number of pyridine rings is 1. The van der Waals surface area contributed by atoms with E-state index in [0.717, 1.165) is 5.56 Å². The van der Waals surface area contributed by atoms with Crippen molar-refractivity contribution in [1.29, 1.82) is 0 Å². The minimum absolute atomic E-state index is 0.131. The summed E-state index contributed by atoms with van der Waals surface area (Å²) < 4.78 is 4.89. The van der Waals surface area contributed by atoms with Gasteiger partial charge in [0.1, 0.15) is 0 Å². The van der Waals surface area contributed by atoms with Gasteiger partial charge in [-0.15, -0.1) is 0 Å². The third kappa shape index (κ3) is 5.53. The van der Waals surface area contributed by atoms with Crippen molar-refractivity contribution in [3.63, 3.8) is 0 Å². The highest BCUT2D eigenvalue weighted by atomic mass is 16.5. The Balaban J connectivity index is 1.98. The van der Waals surface area contributed by atoms with E-state index < -0.39 is 17.8 Å². The lowest BCUT2D eigenvalue weighted by atomic mass is 9.88. The second-order valence-electron chi connectivity index (χ2n) is 6.08. The molecule has 2 rings (SSSR count). The lowest BCUT2D eigenvalue weighted by Gasteiger charge is -2.35. The minimum Gasteiger partial charge on any atom is -0.481 e. The topological polar surface area (TPSA) is 109 Å². The molecule has 8 heteroatoms. The number of nitrogens with one attached hydrogen (secondary N) is 1. The number of ether oxygens (including phenoxy) is 1. The Kier molecular flexibility index (Phi) is 6.88. The number of likely N-dealkylation sites (tertiary alicyclic amines) is 1. The van der Waals surface area contributed by atoms with Gasteiger partial charge in [0.15, 0.2) is 0 Å². The summed E-state index contributed by atoms with van der Waals surface area (Å²) in [5.74, 6) is -2.71. The van der Waals surface area contributed by atoms with E-state index in [-0.39, 0.29) is 44.4 Å². The van der Waals surface area contributed by atoms with Crippen LogP contribution in [0.15, 0.2) is 24.5 Å². The number of rotatable bonds is 7. The van der Waals surface area contributed by atoms with Crippen molar-refractivity contribution in [2.45, 2.75) is 19.4 Å². The normalized spacial score (nSPS) is 20.1. The number of carbonyl (C=O) groups excluding carboxylic acids is 2. The van der Waals surface area contributed by atoms with Crippen molar-refractivity contribution in [2.75, 3.05) is 26.8 Å². The van der Waals surface area contributed by atoms with Gasteiger partial charge in [0, 0.05) is 39.1 Å². The quantitative estimate of drug-likeness (QED) is 0.732. The Morgan fingerprint density at radius 2 is 1.96 bits per heavy atom. The number of aromatic nitrogens is 1. The number of hydrogen-bond acceptors (Lipinski definition) is 5. The number of nitrogens with zero attached hydrogens (tertiary/aromatic N) is 2. The van der Waals surface area contributed by atoms with Gasteiger partial charge in [0.05, 0.1) is 24.9 Å². The average Bonchev–Trinajstić information content (AvgIpc) is 2.64. The molecule has 25 heavy (non-hydrogen) atoms. The van der Waals surface area contributed by atoms with Gasteiger partial charge in [0.2, 0.25) is 11.8 Å². The van der Waals surface area contributed by atoms with Gasteiger partial charge in [-0.05, 0) is 24.1 Å². The summed E-state index contributed by atoms with van der Waals surface area (Å²) in [5, 5.41) is 12.1. The molecular formula is C17H23N3O5. The maximum atomic E-state index is 12.4. The summed E-state index contributed by atoms with van der Waals surface area (Å²) in [4.78, 5) is 41.4. The summed E-state index contributed by atoms with van der Waals surface area (Å²) >= 11 is 0. The molecule has 136 valence electrons. The molecule has 0 unspecified atom stereocenters. The first-order valence-corrected chi connectivity index (χ1v) is 8.17. The Hall–Kier alpha value is -2.48. The predicted octanol–water partition coefficient (Wildman–Crippen LogP) is 0.284. The molecule has 1 aromatic heterocycles. The first kappa shape index (κ1) is 18.9. The van der Waals surface area contributed by atoms with Gasteiger partial charge < -0.3 is 20.1 Å². The van der Waals surface area contributed by atoms with E-state index in [1.165, 1.54) is 12.0 Å². The third-order valence-corrected chi connectivity index (χ3v) is 4.26. The first-order valence-electron chi connectivity index (χ1n) is 8.17. The van der Waals surface area contributed by atoms with E-state index >= 15 is 0 Å². The number of methoxy groups -OCH3 is 1. The monoisotopic (exact) mass is 349 g/mol. The molecule has 1 aliphatic rings. The SMILES string of the molecule is COCCC(=O)N1C[C@@H](C(=O)O)C[C@@H](C(=O)NCc2ccncc2)C1. The minimum atomic E-state index is -0.990. The van der Waals surface area contributed by atoms with Gasteiger partial charge >= 0.3 is 5.97 Å². The molecule has 0 radical (unpaired) electrons. The Labute approximate surface area is 146 Å². The van der Waals surface area contributed by atoms with Crippen LogP contribution in [0.25, 0.3) is 0 Å². The highest BCUT2D eigenvalue weighted by Gasteiger charge is 2.36. The number of carboxylic acids is 1. The Bertz CT molecular complexity index is 608. The smallest absolute Gasteiger partial charge is 0.308 e. The van der Waals surface area contributed by atoms with E-state index in [9.17, 15) is 19.5 Å². The average molecular weight is 349 g/mol. The van der Waals surface area contributed by atoms with E-state index in [1.807, 2.05) is 0 Å². The number of carbonyl (C=O) groups is 3. The Morgan fingerprint density at radius 1 is 1.28 bits per heavy atom. The largest absolute Gasteiger partial charge is 0.481 e. The zero-order chi connectivity index (χ0) is 18.2. The van der Waals surface area contributed by atoms with Crippen LogP contribution >= 0.6 is 0 Å². The van der Waals surface area contributed by atoms with Crippen molar-refractivity contribution in [3.8, 4) is 0 Å². The molecule has 2 heterocycles. The third-order valence-electron chi connectivity index (χ3n) is 4.26. The van der Waals surface area contributed by atoms with Crippen molar-refractivity contribution >= 4 is 17.8 Å². The van der Waals surface area contributed by atoms with Gasteiger partial charge in [-0.1, -0.05) is 0 Å². The molecular weight excluding hydrogens is 326 g/mol. The summed E-state index contributed by atoms with van der Waals surface area (Å²) in [6.07, 6.45) is 3.68. The predicted molar refractivity (Wildman–Crippen MR) is 88.4 cm³/mol. The number of hydrogen-bond donors (Lipinski definition) is 2. The number of piperidine rings is 1. The standard InChI is InChI=1S/C17H23N3O5/c1-25-7-4-15(21)20-10-13(8-14(11-20)17(23)24)16(22)19-9-12-2-5-18-6-3-12/h2-3,5-6,13-14H,4,7-11H2,1H3,(H,19,22)(H,23,24)/t13-,14+/m1/s1. The van der Waals surface area contributed by atoms with Crippen LogP contribution in [0.2, 0.25) is 0 Å². The van der Waals surface area contributed by atoms with E-state index in [2.05, 4.69) is 10.3 Å². The van der Waals surface area contributed by atoms with Crippen LogP contribution < -0.4 is 5.32 Å². The summed E-state index contributed by atoms with van der Waals surface area (Å²) in [5.41, 5.74) is 0.905. The fourth-order valence-electron chi connectivity index (χ4n) is 2.85. The molecule has 0 bridgehead atoms. The molecule has 8 nitrogen and oxygen atoms in total. The molecule has 2 N–H and O–H groups in total. The van der Waals surface area contributed by atoms with Gasteiger partial charge in [-0.2, -0.15) is 0 Å². The van der Waals surface area contributed by atoms with Crippen LogP contribution in [-0.2, 0) is 25.7 Å². The number of carboxylic acid groups (broad SMARTS) is 1. The first-order chi connectivity index (χ1) is 12.0. The van der Waals surface area contributed by atoms with Crippen molar-refractivity contribution in [2.24, 2.45) is 11.8 Å². The number of amides is 2. The second kappa shape index (κ2) is 9.12. The summed E-state index contributed by atoms with van der Waals surface area (Å²) in [7, 11) is 1.50. The van der Waals surface area contributed by atoms with Gasteiger partial charge in [0.25, 0.3) is 0 Å². The van der Waals surface area contributed by atoms with Gasteiger partial charge in [-0.25, -0.2) is 0 Å². The van der Waals surface area contributed by atoms with Crippen LogP contribution in [0.5, 0.6) is 0 Å². The summed E-state index contributed by atoms with van der Waals surface area (Å²) in [6, 6.07) is 3.59. The molecule has 0 spiro atoms. The highest BCUT2D eigenvalue weighted by molar-refractivity contribution is 5.83. The van der Waals surface area contributed by atoms with Gasteiger partial charge in [-0.3, -0.25) is 19.4 Å². The second-order valence-corrected chi connectivity index (χ2v) is 6.08. The van der Waals surface area contributed by atoms with E-state index in [0.29, 0.717) is 6.54 Å². The lowest BCUT2D eigenvalue weighted by Crippen LogP contribution is -2.50. The number of aliphatic carboxylic acids is 1. The molecule has 0 saturated carbocycles. The zero-order valence-corrected chi connectivity index (χ0v) is 14.2. The van der Waals surface area contributed by atoms with Crippen LogP contribution in [0, 0.1) is 11.8 Å². The molecule has 1 saturated heterocycles. The van der Waals surface area contributed by atoms with Crippen molar-refractivity contribution in [1.82, 2.24) is 15.2 Å². The van der Waals surface area contributed by atoms with Crippen LogP contribution in [0.4, 0.5) is 0 Å². The van der Waals surface area contributed by atoms with Crippen LogP contribution in [-0.4, -0.2) is 59.6 Å². The van der Waals surface area contributed by atoms with Crippen molar-refractivity contribution in [3.05, 3.63) is 30.1 Å². The van der Waals surface area contributed by atoms with Crippen LogP contribution in [0.3, 0.4) is 0 Å². The maximum absolute atomic E-state index is 12.4. The Morgan fingerprint density at radius 3 is 2.60 bits per heavy atom. The maximum Gasteiger partial charge on any atom is 0.308 e. The van der Waals surface area contributed by atoms with E-state index in [4.69, 9.17) is 4.74 Å².